The number of thiophene rings is 1. The number of nitrogens with zero attached hydrogens (tertiary/aromatic N) is 1. The maximum atomic E-state index is 6.13. The largest absolute Gasteiger partial charge is 0.456 e. The van der Waals surface area contributed by atoms with Crippen LogP contribution in [-0.4, -0.2) is 0 Å². The molecular formula is C40H25NOS. The molecule has 0 aliphatic carbocycles. The van der Waals surface area contributed by atoms with Crippen molar-refractivity contribution in [3.8, 4) is 11.1 Å². The molecule has 0 bridgehead atoms. The summed E-state index contributed by atoms with van der Waals surface area (Å²) in [6.07, 6.45) is 0. The Kier molecular flexibility index (Phi) is 5.40. The topological polar surface area (TPSA) is 16.4 Å². The summed E-state index contributed by atoms with van der Waals surface area (Å²) in [7, 11) is 0. The quantitative estimate of drug-likeness (QED) is 0.210. The van der Waals surface area contributed by atoms with Crippen LogP contribution in [0, 0.1) is 0 Å². The number of para-hydroxylation sites is 2. The molecule has 0 fully saturated rings. The van der Waals surface area contributed by atoms with Crippen LogP contribution in [0.4, 0.5) is 17.1 Å². The zero-order chi connectivity index (χ0) is 28.3. The molecule has 2 nitrogen and oxygen atoms in total. The number of hydrogen-bond acceptors (Lipinski definition) is 3. The Hall–Kier alpha value is -5.38. The summed E-state index contributed by atoms with van der Waals surface area (Å²) in [5.41, 5.74) is 7.59. The molecule has 0 aliphatic rings. The Labute approximate surface area is 252 Å². The average Bonchev–Trinajstić information content (AvgIpc) is 3.64. The van der Waals surface area contributed by atoms with E-state index in [2.05, 4.69) is 144 Å². The minimum absolute atomic E-state index is 0.900. The molecule has 43 heavy (non-hydrogen) atoms. The van der Waals surface area contributed by atoms with Crippen molar-refractivity contribution >= 4 is 81.3 Å². The van der Waals surface area contributed by atoms with Gasteiger partial charge in [0.2, 0.25) is 0 Å². The molecule has 0 atom stereocenters. The van der Waals surface area contributed by atoms with E-state index < -0.39 is 0 Å². The van der Waals surface area contributed by atoms with Gasteiger partial charge in [-0.15, -0.1) is 11.3 Å². The fourth-order valence-corrected chi connectivity index (χ4v) is 7.73. The Balaban J connectivity index is 1.20. The monoisotopic (exact) mass is 567 g/mol. The fraction of sp³-hybridized carbons (Fsp3) is 0. The first-order valence-corrected chi connectivity index (χ1v) is 15.3. The first kappa shape index (κ1) is 24.2. The summed E-state index contributed by atoms with van der Waals surface area (Å²) in [6, 6.07) is 54.2. The van der Waals surface area contributed by atoms with Crippen molar-refractivity contribution < 1.29 is 4.42 Å². The molecule has 2 aromatic heterocycles. The van der Waals surface area contributed by atoms with Crippen molar-refractivity contribution in [3.05, 3.63) is 152 Å². The van der Waals surface area contributed by atoms with Gasteiger partial charge in [-0.2, -0.15) is 0 Å². The van der Waals surface area contributed by atoms with Crippen molar-refractivity contribution in [2.24, 2.45) is 0 Å². The van der Waals surface area contributed by atoms with Gasteiger partial charge < -0.3 is 9.32 Å². The highest BCUT2D eigenvalue weighted by molar-refractivity contribution is 7.26. The van der Waals surface area contributed by atoms with Crippen LogP contribution in [0.25, 0.3) is 64.0 Å². The highest BCUT2D eigenvalue weighted by Gasteiger charge is 2.17. The maximum absolute atomic E-state index is 6.13. The maximum Gasteiger partial charge on any atom is 0.135 e. The van der Waals surface area contributed by atoms with Crippen LogP contribution in [0.5, 0.6) is 0 Å². The molecule has 0 spiro atoms. The molecule has 9 aromatic rings. The van der Waals surface area contributed by atoms with Gasteiger partial charge in [-0.3, -0.25) is 0 Å². The van der Waals surface area contributed by atoms with Gasteiger partial charge in [0.05, 0.1) is 0 Å². The van der Waals surface area contributed by atoms with Gasteiger partial charge in [-0.1, -0.05) is 97.1 Å². The van der Waals surface area contributed by atoms with E-state index in [1.807, 2.05) is 23.5 Å². The summed E-state index contributed by atoms with van der Waals surface area (Å²) in [6.45, 7) is 0. The predicted octanol–water partition coefficient (Wildman–Crippen LogP) is 12.2. The highest BCUT2D eigenvalue weighted by Crippen LogP contribution is 2.43. The Bertz CT molecular complexity index is 2450. The average molecular weight is 568 g/mol. The van der Waals surface area contributed by atoms with Crippen LogP contribution in [0.2, 0.25) is 0 Å². The first-order valence-electron chi connectivity index (χ1n) is 14.5. The molecule has 0 saturated carbocycles. The van der Waals surface area contributed by atoms with Crippen LogP contribution in [0.15, 0.2) is 156 Å². The van der Waals surface area contributed by atoms with Crippen molar-refractivity contribution in [3.63, 3.8) is 0 Å². The number of rotatable bonds is 4. The summed E-state index contributed by atoms with van der Waals surface area (Å²) >= 11 is 1.89. The minimum Gasteiger partial charge on any atom is -0.456 e. The van der Waals surface area contributed by atoms with Crippen LogP contribution >= 0.6 is 11.3 Å². The van der Waals surface area contributed by atoms with E-state index in [-0.39, 0.29) is 0 Å². The smallest absolute Gasteiger partial charge is 0.135 e. The molecule has 7 aromatic carbocycles. The second-order valence-corrected chi connectivity index (χ2v) is 12.0. The zero-order valence-corrected chi connectivity index (χ0v) is 24.0. The normalized spacial score (nSPS) is 11.7. The van der Waals surface area contributed by atoms with E-state index in [0.29, 0.717) is 0 Å². The third-order valence-electron chi connectivity index (χ3n) is 8.46. The van der Waals surface area contributed by atoms with E-state index >= 15 is 0 Å². The molecule has 202 valence electrons. The summed E-state index contributed by atoms with van der Waals surface area (Å²) in [5, 5.41) is 7.50. The Morgan fingerprint density at radius 1 is 0.465 bits per heavy atom. The SMILES string of the molecule is c1ccc(N(c2ccc(-c3cccc4ccc5c6ccccc6sc5c34)cc2)c2ccc3oc4ccccc4c3c2)cc1. The van der Waals surface area contributed by atoms with Crippen molar-refractivity contribution in [1.29, 1.82) is 0 Å². The minimum atomic E-state index is 0.900. The highest BCUT2D eigenvalue weighted by atomic mass is 32.1. The molecule has 0 saturated heterocycles. The van der Waals surface area contributed by atoms with Crippen LogP contribution in [0.1, 0.15) is 0 Å². The summed E-state index contributed by atoms with van der Waals surface area (Å²) in [4.78, 5) is 2.32. The Morgan fingerprint density at radius 3 is 2.07 bits per heavy atom. The molecule has 0 amide bonds. The number of furan rings is 1. The zero-order valence-electron chi connectivity index (χ0n) is 23.2. The lowest BCUT2D eigenvalue weighted by Crippen LogP contribution is -2.09. The van der Waals surface area contributed by atoms with Gasteiger partial charge in [-0.25, -0.2) is 0 Å². The van der Waals surface area contributed by atoms with Gasteiger partial charge in [0, 0.05) is 53.4 Å². The molecule has 9 rings (SSSR count). The van der Waals surface area contributed by atoms with Crippen molar-refractivity contribution in [2.75, 3.05) is 4.90 Å². The molecule has 0 N–H and O–H groups in total. The van der Waals surface area contributed by atoms with E-state index in [4.69, 9.17) is 4.42 Å². The van der Waals surface area contributed by atoms with E-state index in [1.165, 1.54) is 42.1 Å². The van der Waals surface area contributed by atoms with Gasteiger partial charge in [0.15, 0.2) is 0 Å². The van der Waals surface area contributed by atoms with Crippen molar-refractivity contribution in [2.45, 2.75) is 0 Å². The van der Waals surface area contributed by atoms with Gasteiger partial charge in [0.1, 0.15) is 11.2 Å². The van der Waals surface area contributed by atoms with Gasteiger partial charge >= 0.3 is 0 Å². The summed E-state index contributed by atoms with van der Waals surface area (Å²) < 4.78 is 8.81. The molecular weight excluding hydrogens is 543 g/mol. The van der Waals surface area contributed by atoms with E-state index in [9.17, 15) is 0 Å². The lowest BCUT2D eigenvalue weighted by atomic mass is 9.96. The van der Waals surface area contributed by atoms with Crippen LogP contribution in [0.3, 0.4) is 0 Å². The number of anilines is 3. The Morgan fingerprint density at radius 2 is 1.19 bits per heavy atom. The summed E-state index contributed by atoms with van der Waals surface area (Å²) in [5.74, 6) is 0. The standard InChI is InChI=1S/C40H25NOS/c1-2-10-28(11-3-1)41(30-22-24-37-35(25-30)32-12-4-6-15-36(32)42-37)29-20-17-26(18-21-29)31-14-8-9-27-19-23-34-33-13-5-7-16-38(33)43-40(34)39(27)31/h1-25H. The van der Waals surface area contributed by atoms with Gasteiger partial charge in [-0.05, 0) is 71.1 Å². The lowest BCUT2D eigenvalue weighted by molar-refractivity contribution is 0.669. The van der Waals surface area contributed by atoms with Crippen LogP contribution < -0.4 is 4.90 Å². The fourth-order valence-electron chi connectivity index (χ4n) is 6.46. The van der Waals surface area contributed by atoms with E-state index in [1.54, 1.807) is 0 Å². The second kappa shape index (κ2) is 9.59. The number of benzene rings is 7. The third-order valence-corrected chi connectivity index (χ3v) is 9.66. The second-order valence-electron chi connectivity index (χ2n) is 10.9. The van der Waals surface area contributed by atoms with Crippen LogP contribution in [-0.2, 0) is 0 Å². The lowest BCUT2D eigenvalue weighted by Gasteiger charge is -2.25. The van der Waals surface area contributed by atoms with E-state index in [0.717, 1.165) is 39.0 Å². The molecule has 2 heterocycles. The molecule has 0 aliphatic heterocycles. The van der Waals surface area contributed by atoms with Crippen molar-refractivity contribution in [1.82, 2.24) is 0 Å². The molecule has 0 radical (unpaired) electrons. The first-order chi connectivity index (χ1) is 21.3. The number of hydrogen-bond donors (Lipinski definition) is 0. The third kappa shape index (κ3) is 3.86. The molecule has 0 unspecified atom stereocenters. The number of fused-ring (bicyclic) bond motifs is 8. The molecule has 3 heteroatoms. The van der Waals surface area contributed by atoms with Gasteiger partial charge in [0.25, 0.3) is 0 Å². The predicted molar refractivity (Wildman–Crippen MR) is 184 cm³/mol.